The van der Waals surface area contributed by atoms with Gasteiger partial charge in [0.25, 0.3) is 5.91 Å². The minimum Gasteiger partial charge on any atom is -0.396 e. The minimum absolute atomic E-state index is 0.130. The first-order chi connectivity index (χ1) is 6.66. The number of carbonyl (C=O) groups excluding carboxylic acids is 1. The summed E-state index contributed by atoms with van der Waals surface area (Å²) in [6, 6.07) is 4.12. The van der Waals surface area contributed by atoms with Crippen LogP contribution in [0.15, 0.2) is 30.9 Å². The van der Waals surface area contributed by atoms with E-state index in [1.165, 1.54) is 24.3 Å². The molecular weight excluding hydrogens is 183 g/mol. The van der Waals surface area contributed by atoms with E-state index >= 15 is 0 Å². The van der Waals surface area contributed by atoms with Crippen molar-refractivity contribution in [2.45, 2.75) is 0 Å². The Labute approximate surface area is 81.4 Å². The van der Waals surface area contributed by atoms with Crippen molar-refractivity contribution in [3.63, 3.8) is 0 Å². The molecule has 0 aliphatic rings. The Balaban J connectivity index is 2.89. The number of anilines is 1. The summed E-state index contributed by atoms with van der Waals surface area (Å²) in [6.07, 6.45) is 1.54. The molecule has 1 amide bonds. The molecular formula is C10H11FN2O. The molecule has 3 N–H and O–H groups in total. The topological polar surface area (TPSA) is 55.1 Å². The van der Waals surface area contributed by atoms with Crippen molar-refractivity contribution in [3.8, 4) is 0 Å². The van der Waals surface area contributed by atoms with Crippen LogP contribution in [0.3, 0.4) is 0 Å². The summed E-state index contributed by atoms with van der Waals surface area (Å²) in [4.78, 5) is 11.4. The van der Waals surface area contributed by atoms with Gasteiger partial charge in [-0.2, -0.15) is 0 Å². The van der Waals surface area contributed by atoms with Gasteiger partial charge in [-0.05, 0) is 12.1 Å². The van der Waals surface area contributed by atoms with E-state index in [0.717, 1.165) is 0 Å². The number of rotatable bonds is 3. The second-order valence-electron chi connectivity index (χ2n) is 2.70. The van der Waals surface area contributed by atoms with Crippen molar-refractivity contribution < 1.29 is 9.18 Å². The molecule has 4 heteroatoms. The molecule has 0 fully saturated rings. The van der Waals surface area contributed by atoms with E-state index in [9.17, 15) is 9.18 Å². The Morgan fingerprint density at radius 1 is 1.64 bits per heavy atom. The summed E-state index contributed by atoms with van der Waals surface area (Å²) >= 11 is 0. The average molecular weight is 194 g/mol. The number of hydrogen-bond acceptors (Lipinski definition) is 2. The van der Waals surface area contributed by atoms with Crippen LogP contribution in [0.25, 0.3) is 0 Å². The van der Waals surface area contributed by atoms with Gasteiger partial charge in [0.2, 0.25) is 0 Å². The number of carbonyl (C=O) groups is 1. The van der Waals surface area contributed by atoms with E-state index in [4.69, 9.17) is 5.73 Å². The summed E-state index contributed by atoms with van der Waals surface area (Å²) in [5.74, 6) is -0.988. The van der Waals surface area contributed by atoms with Gasteiger partial charge >= 0.3 is 0 Å². The van der Waals surface area contributed by atoms with Crippen LogP contribution in [0.2, 0.25) is 0 Å². The zero-order valence-electron chi connectivity index (χ0n) is 7.59. The zero-order valence-corrected chi connectivity index (χ0v) is 7.59. The standard InChI is InChI=1S/C10H11FN2O/c1-2-6-13-10(14)7-4-3-5-8(11)9(7)12/h2-5H,1,6,12H2,(H,13,14). The molecule has 0 aromatic heterocycles. The highest BCUT2D eigenvalue weighted by Crippen LogP contribution is 2.15. The van der Waals surface area contributed by atoms with Crippen molar-refractivity contribution in [2.24, 2.45) is 0 Å². The normalized spacial score (nSPS) is 9.50. The van der Waals surface area contributed by atoms with Gasteiger partial charge in [0.05, 0.1) is 11.3 Å². The summed E-state index contributed by atoms with van der Waals surface area (Å²) in [5, 5.41) is 2.51. The Hall–Kier alpha value is -1.84. The van der Waals surface area contributed by atoms with Gasteiger partial charge in [-0.1, -0.05) is 12.1 Å². The van der Waals surface area contributed by atoms with E-state index in [0.29, 0.717) is 6.54 Å². The van der Waals surface area contributed by atoms with E-state index in [-0.39, 0.29) is 11.3 Å². The Kier molecular flexibility index (Phi) is 3.23. The van der Waals surface area contributed by atoms with Crippen molar-refractivity contribution >= 4 is 11.6 Å². The number of nitrogen functional groups attached to an aromatic ring is 1. The lowest BCUT2D eigenvalue weighted by atomic mass is 10.1. The number of amides is 1. The van der Waals surface area contributed by atoms with Crippen LogP contribution in [0.1, 0.15) is 10.4 Å². The highest BCUT2D eigenvalue weighted by Gasteiger charge is 2.10. The Morgan fingerprint density at radius 3 is 3.00 bits per heavy atom. The van der Waals surface area contributed by atoms with Crippen LogP contribution in [0.5, 0.6) is 0 Å². The highest BCUT2D eigenvalue weighted by atomic mass is 19.1. The molecule has 1 rings (SSSR count). The number of nitrogens with two attached hydrogens (primary N) is 1. The third-order valence-corrected chi connectivity index (χ3v) is 1.70. The first-order valence-corrected chi connectivity index (χ1v) is 4.10. The molecule has 1 aromatic carbocycles. The predicted octanol–water partition coefficient (Wildman–Crippen LogP) is 1.32. The van der Waals surface area contributed by atoms with Gasteiger partial charge in [-0.15, -0.1) is 6.58 Å². The van der Waals surface area contributed by atoms with Crippen LogP contribution < -0.4 is 11.1 Å². The molecule has 0 heterocycles. The molecule has 0 spiro atoms. The maximum Gasteiger partial charge on any atom is 0.253 e. The molecule has 14 heavy (non-hydrogen) atoms. The average Bonchev–Trinajstić information content (AvgIpc) is 2.18. The molecule has 0 atom stereocenters. The van der Waals surface area contributed by atoms with Gasteiger partial charge < -0.3 is 11.1 Å². The number of benzene rings is 1. The number of halogens is 1. The van der Waals surface area contributed by atoms with Gasteiger partial charge in [0.1, 0.15) is 5.82 Å². The van der Waals surface area contributed by atoms with E-state index in [1.54, 1.807) is 0 Å². The molecule has 3 nitrogen and oxygen atoms in total. The SMILES string of the molecule is C=CCNC(=O)c1cccc(F)c1N. The van der Waals surface area contributed by atoms with Gasteiger partial charge in [0.15, 0.2) is 0 Å². The van der Waals surface area contributed by atoms with Crippen LogP contribution in [-0.2, 0) is 0 Å². The second-order valence-corrected chi connectivity index (χ2v) is 2.70. The largest absolute Gasteiger partial charge is 0.396 e. The maximum absolute atomic E-state index is 12.9. The molecule has 0 unspecified atom stereocenters. The molecule has 0 saturated carbocycles. The fourth-order valence-corrected chi connectivity index (χ4v) is 0.995. The summed E-state index contributed by atoms with van der Waals surface area (Å²) in [5.41, 5.74) is 5.41. The van der Waals surface area contributed by atoms with Crippen LogP contribution >= 0.6 is 0 Å². The predicted molar refractivity (Wildman–Crippen MR) is 53.3 cm³/mol. The highest BCUT2D eigenvalue weighted by molar-refractivity contribution is 5.99. The quantitative estimate of drug-likeness (QED) is 0.563. The molecule has 0 saturated heterocycles. The van der Waals surface area contributed by atoms with E-state index in [2.05, 4.69) is 11.9 Å². The van der Waals surface area contributed by atoms with Crippen molar-refractivity contribution in [1.82, 2.24) is 5.32 Å². The smallest absolute Gasteiger partial charge is 0.253 e. The van der Waals surface area contributed by atoms with Crippen LogP contribution in [0.4, 0.5) is 10.1 Å². The lowest BCUT2D eigenvalue weighted by molar-refractivity contribution is 0.0958. The van der Waals surface area contributed by atoms with Crippen molar-refractivity contribution in [2.75, 3.05) is 12.3 Å². The zero-order chi connectivity index (χ0) is 10.6. The summed E-state index contributed by atoms with van der Waals surface area (Å²) < 4.78 is 12.9. The van der Waals surface area contributed by atoms with Gasteiger partial charge in [-0.25, -0.2) is 4.39 Å². The molecule has 0 radical (unpaired) electrons. The first-order valence-electron chi connectivity index (χ1n) is 4.10. The summed E-state index contributed by atoms with van der Waals surface area (Å²) in [6.45, 7) is 3.77. The number of para-hydroxylation sites is 1. The molecule has 74 valence electrons. The minimum atomic E-state index is -0.587. The fraction of sp³-hybridized carbons (Fsp3) is 0.100. The monoisotopic (exact) mass is 194 g/mol. The maximum atomic E-state index is 12.9. The second kappa shape index (κ2) is 4.41. The first kappa shape index (κ1) is 10.2. The fourth-order valence-electron chi connectivity index (χ4n) is 0.995. The number of nitrogens with one attached hydrogen (secondary N) is 1. The molecule has 0 aliphatic carbocycles. The lowest BCUT2D eigenvalue weighted by Crippen LogP contribution is -2.24. The third kappa shape index (κ3) is 2.10. The number of hydrogen-bond donors (Lipinski definition) is 2. The van der Waals surface area contributed by atoms with Crippen LogP contribution in [-0.4, -0.2) is 12.5 Å². The van der Waals surface area contributed by atoms with Crippen LogP contribution in [0, 0.1) is 5.82 Å². The summed E-state index contributed by atoms with van der Waals surface area (Å²) in [7, 11) is 0. The Bertz CT molecular complexity index is 363. The van der Waals surface area contributed by atoms with Crippen molar-refractivity contribution in [1.29, 1.82) is 0 Å². The van der Waals surface area contributed by atoms with Gasteiger partial charge in [-0.3, -0.25) is 4.79 Å². The molecule has 0 aliphatic heterocycles. The molecule has 1 aromatic rings. The van der Waals surface area contributed by atoms with Gasteiger partial charge in [0, 0.05) is 6.54 Å². The lowest BCUT2D eigenvalue weighted by Gasteiger charge is -2.05. The van der Waals surface area contributed by atoms with E-state index < -0.39 is 11.7 Å². The Morgan fingerprint density at radius 2 is 2.36 bits per heavy atom. The van der Waals surface area contributed by atoms with E-state index in [1.807, 2.05) is 0 Å². The third-order valence-electron chi connectivity index (χ3n) is 1.70. The van der Waals surface area contributed by atoms with Crippen molar-refractivity contribution in [3.05, 3.63) is 42.2 Å². The molecule has 0 bridgehead atoms.